The fourth-order valence-corrected chi connectivity index (χ4v) is 2.15. The third kappa shape index (κ3) is 3.29. The van der Waals surface area contributed by atoms with Crippen molar-refractivity contribution in [1.82, 2.24) is 0 Å². The third-order valence-corrected chi connectivity index (χ3v) is 3.00. The van der Waals surface area contributed by atoms with Crippen LogP contribution in [0.25, 0.3) is 0 Å². The van der Waals surface area contributed by atoms with Gasteiger partial charge in [0.25, 0.3) is 0 Å². The molecule has 0 aliphatic heterocycles. The highest BCUT2D eigenvalue weighted by molar-refractivity contribution is 8.13. The normalized spacial score (nSPS) is 13.9. The summed E-state index contributed by atoms with van der Waals surface area (Å²) in [5.41, 5.74) is 1.44. The predicted octanol–water partition coefficient (Wildman–Crippen LogP) is 1.60. The van der Waals surface area contributed by atoms with E-state index in [1.54, 1.807) is 25.1 Å². The second-order valence-electron chi connectivity index (χ2n) is 3.08. The first-order valence-corrected chi connectivity index (χ1v) is 6.54. The summed E-state index contributed by atoms with van der Waals surface area (Å²) in [4.78, 5) is 0. The Kier molecular flexibility index (Phi) is 3.53. The number of benzene rings is 1. The fraction of sp³-hybridized carbons (Fsp3) is 0.333. The lowest BCUT2D eigenvalue weighted by Gasteiger charge is -2.11. The zero-order valence-electron chi connectivity index (χ0n) is 7.64. The standard InChI is InChI=1S/C9H11ClO3S/c1-7-4-2-3-5-8(7)9(11)6-14(10,12)13/h2-5,9,11H,6H2,1H3. The van der Waals surface area contributed by atoms with Gasteiger partial charge in [-0.3, -0.25) is 0 Å². The molecule has 0 aromatic heterocycles. The van der Waals surface area contributed by atoms with Crippen LogP contribution in [0.1, 0.15) is 17.2 Å². The van der Waals surface area contributed by atoms with Crippen molar-refractivity contribution in [2.45, 2.75) is 13.0 Å². The molecule has 0 bridgehead atoms. The van der Waals surface area contributed by atoms with Crippen LogP contribution in [0.15, 0.2) is 24.3 Å². The molecule has 1 N–H and O–H groups in total. The summed E-state index contributed by atoms with van der Waals surface area (Å²) >= 11 is 0. The minimum atomic E-state index is -3.67. The summed E-state index contributed by atoms with van der Waals surface area (Å²) in [5, 5.41) is 9.57. The Bertz CT molecular complexity index is 414. The van der Waals surface area contributed by atoms with Crippen molar-refractivity contribution in [3.63, 3.8) is 0 Å². The van der Waals surface area contributed by atoms with Crippen molar-refractivity contribution in [2.75, 3.05) is 5.75 Å². The van der Waals surface area contributed by atoms with Crippen LogP contribution in [0.4, 0.5) is 0 Å². The summed E-state index contributed by atoms with van der Waals surface area (Å²) in [6.07, 6.45) is -1.06. The summed E-state index contributed by atoms with van der Waals surface area (Å²) in [5.74, 6) is -0.459. The molecule has 0 spiro atoms. The zero-order valence-corrected chi connectivity index (χ0v) is 9.22. The largest absolute Gasteiger partial charge is 0.387 e. The minimum absolute atomic E-state index is 0.459. The lowest BCUT2D eigenvalue weighted by molar-refractivity contribution is 0.201. The van der Waals surface area contributed by atoms with Crippen LogP contribution in [-0.4, -0.2) is 19.3 Å². The molecule has 0 aliphatic carbocycles. The van der Waals surface area contributed by atoms with Gasteiger partial charge in [0.1, 0.15) is 0 Å². The van der Waals surface area contributed by atoms with Crippen LogP contribution < -0.4 is 0 Å². The van der Waals surface area contributed by atoms with Crippen molar-refractivity contribution in [2.24, 2.45) is 0 Å². The fourth-order valence-electron chi connectivity index (χ4n) is 1.24. The van der Waals surface area contributed by atoms with Gasteiger partial charge in [0.05, 0.1) is 11.9 Å². The maximum Gasteiger partial charge on any atom is 0.235 e. The van der Waals surface area contributed by atoms with E-state index in [1.165, 1.54) is 0 Å². The smallest absolute Gasteiger partial charge is 0.235 e. The molecular weight excluding hydrogens is 224 g/mol. The molecule has 5 heteroatoms. The minimum Gasteiger partial charge on any atom is -0.387 e. The Labute approximate surface area is 87.8 Å². The lowest BCUT2D eigenvalue weighted by atomic mass is 10.1. The predicted molar refractivity (Wildman–Crippen MR) is 55.8 cm³/mol. The van der Waals surface area contributed by atoms with Crippen molar-refractivity contribution in [1.29, 1.82) is 0 Å². The number of hydrogen-bond acceptors (Lipinski definition) is 3. The second-order valence-corrected chi connectivity index (χ2v) is 5.90. The molecule has 1 aromatic rings. The van der Waals surface area contributed by atoms with Crippen LogP contribution in [0.3, 0.4) is 0 Å². The highest BCUT2D eigenvalue weighted by Gasteiger charge is 2.17. The van der Waals surface area contributed by atoms with Gasteiger partial charge in [0.15, 0.2) is 0 Å². The van der Waals surface area contributed by atoms with Crippen LogP contribution in [0, 0.1) is 6.92 Å². The van der Waals surface area contributed by atoms with E-state index in [1.807, 2.05) is 6.07 Å². The van der Waals surface area contributed by atoms with Crippen molar-refractivity contribution < 1.29 is 13.5 Å². The molecule has 0 radical (unpaired) electrons. The Morgan fingerprint density at radius 1 is 1.43 bits per heavy atom. The maximum atomic E-state index is 10.7. The molecule has 78 valence electrons. The average molecular weight is 235 g/mol. The third-order valence-electron chi connectivity index (χ3n) is 1.90. The number of rotatable bonds is 3. The molecule has 0 fully saturated rings. The van der Waals surface area contributed by atoms with Gasteiger partial charge in [-0.1, -0.05) is 24.3 Å². The molecule has 1 aromatic carbocycles. The van der Waals surface area contributed by atoms with Crippen LogP contribution in [0.2, 0.25) is 0 Å². The van der Waals surface area contributed by atoms with E-state index in [0.717, 1.165) is 5.56 Å². The van der Waals surface area contributed by atoms with Crippen LogP contribution >= 0.6 is 10.7 Å². The van der Waals surface area contributed by atoms with Crippen molar-refractivity contribution >= 4 is 19.7 Å². The van der Waals surface area contributed by atoms with E-state index in [0.29, 0.717) is 5.56 Å². The zero-order chi connectivity index (χ0) is 10.8. The summed E-state index contributed by atoms with van der Waals surface area (Å²) in [6, 6.07) is 7.05. The van der Waals surface area contributed by atoms with Crippen LogP contribution in [-0.2, 0) is 9.05 Å². The quantitative estimate of drug-likeness (QED) is 0.809. The average Bonchev–Trinajstić information content (AvgIpc) is 2.01. The monoisotopic (exact) mass is 234 g/mol. The van der Waals surface area contributed by atoms with E-state index in [2.05, 4.69) is 0 Å². The summed E-state index contributed by atoms with van der Waals surface area (Å²) in [6.45, 7) is 1.80. The topological polar surface area (TPSA) is 54.4 Å². The molecule has 0 saturated carbocycles. The van der Waals surface area contributed by atoms with Crippen molar-refractivity contribution in [3.8, 4) is 0 Å². The molecule has 1 rings (SSSR count). The molecule has 0 amide bonds. The Hall–Kier alpha value is -0.580. The van der Waals surface area contributed by atoms with E-state index in [4.69, 9.17) is 10.7 Å². The molecule has 14 heavy (non-hydrogen) atoms. The highest BCUT2D eigenvalue weighted by atomic mass is 35.7. The van der Waals surface area contributed by atoms with E-state index < -0.39 is 20.9 Å². The lowest BCUT2D eigenvalue weighted by Crippen LogP contribution is -2.10. The number of aliphatic hydroxyl groups is 1. The molecule has 1 unspecified atom stereocenters. The molecule has 0 heterocycles. The van der Waals surface area contributed by atoms with Gasteiger partial charge in [0.2, 0.25) is 9.05 Å². The van der Waals surface area contributed by atoms with Gasteiger partial charge >= 0.3 is 0 Å². The van der Waals surface area contributed by atoms with Crippen molar-refractivity contribution in [3.05, 3.63) is 35.4 Å². The van der Waals surface area contributed by atoms with Crippen LogP contribution in [0.5, 0.6) is 0 Å². The van der Waals surface area contributed by atoms with E-state index in [9.17, 15) is 13.5 Å². The molecule has 0 saturated heterocycles. The second kappa shape index (κ2) is 4.29. The maximum absolute atomic E-state index is 10.7. The summed E-state index contributed by atoms with van der Waals surface area (Å²) < 4.78 is 21.5. The molecule has 1 atom stereocenters. The number of hydrogen-bond donors (Lipinski definition) is 1. The van der Waals surface area contributed by atoms with Gasteiger partial charge in [-0.2, -0.15) is 0 Å². The number of halogens is 1. The van der Waals surface area contributed by atoms with E-state index >= 15 is 0 Å². The van der Waals surface area contributed by atoms with Gasteiger partial charge in [-0.05, 0) is 18.1 Å². The molecule has 3 nitrogen and oxygen atoms in total. The first-order valence-electron chi connectivity index (χ1n) is 4.06. The van der Waals surface area contributed by atoms with Gasteiger partial charge < -0.3 is 5.11 Å². The van der Waals surface area contributed by atoms with E-state index in [-0.39, 0.29) is 0 Å². The number of aryl methyl sites for hydroxylation is 1. The first kappa shape index (κ1) is 11.5. The first-order chi connectivity index (χ1) is 6.40. The molecule has 0 aliphatic rings. The Morgan fingerprint density at radius 3 is 2.50 bits per heavy atom. The highest BCUT2D eigenvalue weighted by Crippen LogP contribution is 2.19. The Balaban J connectivity index is 2.90. The SMILES string of the molecule is Cc1ccccc1C(O)CS(=O)(=O)Cl. The number of aliphatic hydroxyl groups excluding tert-OH is 1. The summed E-state index contributed by atoms with van der Waals surface area (Å²) in [7, 11) is 1.38. The Morgan fingerprint density at radius 2 is 2.00 bits per heavy atom. The van der Waals surface area contributed by atoms with Gasteiger partial charge in [-0.25, -0.2) is 8.42 Å². The molecular formula is C9H11ClO3S. The van der Waals surface area contributed by atoms with Gasteiger partial charge in [0, 0.05) is 10.7 Å². The van der Waals surface area contributed by atoms with Gasteiger partial charge in [-0.15, -0.1) is 0 Å².